The van der Waals surface area contributed by atoms with Crippen LogP contribution in [0.2, 0.25) is 0 Å². The van der Waals surface area contributed by atoms with Gasteiger partial charge in [-0.2, -0.15) is 0 Å². The Bertz CT molecular complexity index is 706. The van der Waals surface area contributed by atoms with E-state index in [1.165, 1.54) is 11.3 Å². The van der Waals surface area contributed by atoms with Gasteiger partial charge in [0.15, 0.2) is 0 Å². The lowest BCUT2D eigenvalue weighted by atomic mass is 9.99. The molecule has 0 radical (unpaired) electrons. The van der Waals surface area contributed by atoms with Crippen LogP contribution in [0.3, 0.4) is 0 Å². The van der Waals surface area contributed by atoms with E-state index in [0.717, 1.165) is 10.6 Å². The minimum absolute atomic E-state index is 0.000371. The van der Waals surface area contributed by atoms with Gasteiger partial charge in [-0.05, 0) is 5.56 Å². The van der Waals surface area contributed by atoms with Crippen LogP contribution in [0, 0.1) is 0 Å². The molecule has 1 saturated heterocycles. The maximum Gasteiger partial charge on any atom is 0.242 e. The second-order valence-electron chi connectivity index (χ2n) is 6.05. The van der Waals surface area contributed by atoms with Crippen LogP contribution < -0.4 is 0 Å². The van der Waals surface area contributed by atoms with Crippen LogP contribution >= 0.6 is 11.3 Å². The molecular weight excluding hydrogens is 338 g/mol. The Hall–Kier alpha value is -2.25. The third-order valence-corrected chi connectivity index (χ3v) is 5.11. The molecule has 0 spiro atoms. The van der Waals surface area contributed by atoms with Gasteiger partial charge in [0.25, 0.3) is 0 Å². The Morgan fingerprint density at radius 2 is 2.16 bits per heavy atom. The molecule has 1 aliphatic rings. The van der Waals surface area contributed by atoms with Gasteiger partial charge in [0.05, 0.1) is 19.7 Å². The molecule has 132 valence electrons. The summed E-state index contributed by atoms with van der Waals surface area (Å²) in [6.07, 6.45) is 2.12. The Kier molecular flexibility index (Phi) is 5.78. The van der Waals surface area contributed by atoms with Gasteiger partial charge in [0.2, 0.25) is 11.8 Å². The average molecular weight is 359 g/mol. The molecule has 1 atom stereocenters. The van der Waals surface area contributed by atoms with Crippen LogP contribution in [0.5, 0.6) is 0 Å². The predicted molar refractivity (Wildman–Crippen MR) is 95.0 cm³/mol. The topological polar surface area (TPSA) is 73.7 Å². The molecule has 1 aromatic carbocycles. The highest BCUT2D eigenvalue weighted by atomic mass is 32.1. The summed E-state index contributed by atoms with van der Waals surface area (Å²) >= 11 is 1.47. The highest BCUT2D eigenvalue weighted by Gasteiger charge is 2.32. The number of rotatable bonds is 7. The molecule has 25 heavy (non-hydrogen) atoms. The summed E-state index contributed by atoms with van der Waals surface area (Å²) < 4.78 is 0. The lowest BCUT2D eigenvalue weighted by Gasteiger charge is -2.24. The maximum absolute atomic E-state index is 12.6. The monoisotopic (exact) mass is 359 g/mol. The van der Waals surface area contributed by atoms with Crippen molar-refractivity contribution in [1.29, 1.82) is 0 Å². The van der Waals surface area contributed by atoms with E-state index in [0.29, 0.717) is 19.5 Å². The third kappa shape index (κ3) is 4.43. The lowest BCUT2D eigenvalue weighted by molar-refractivity contribution is -0.139. The van der Waals surface area contributed by atoms with Crippen molar-refractivity contribution in [2.24, 2.45) is 0 Å². The third-order valence-electron chi connectivity index (χ3n) is 4.34. The zero-order valence-electron chi connectivity index (χ0n) is 13.9. The van der Waals surface area contributed by atoms with Gasteiger partial charge in [0, 0.05) is 37.0 Å². The highest BCUT2D eigenvalue weighted by molar-refractivity contribution is 7.09. The first-order chi connectivity index (χ1) is 12.2. The van der Waals surface area contributed by atoms with E-state index in [9.17, 15) is 14.7 Å². The summed E-state index contributed by atoms with van der Waals surface area (Å²) in [6, 6.07) is 9.91. The van der Waals surface area contributed by atoms with E-state index in [-0.39, 0.29) is 37.4 Å². The highest BCUT2D eigenvalue weighted by Crippen LogP contribution is 2.27. The molecule has 2 heterocycles. The van der Waals surface area contributed by atoms with Gasteiger partial charge in [-0.3, -0.25) is 9.59 Å². The molecule has 0 aliphatic carbocycles. The lowest BCUT2D eigenvalue weighted by Crippen LogP contribution is -2.41. The summed E-state index contributed by atoms with van der Waals surface area (Å²) in [6.45, 7) is 1.09. The zero-order chi connectivity index (χ0) is 17.6. The maximum atomic E-state index is 12.6. The second-order valence-corrected chi connectivity index (χ2v) is 7.03. The first kappa shape index (κ1) is 17.6. The number of hydrogen-bond acceptors (Lipinski definition) is 5. The quantitative estimate of drug-likeness (QED) is 0.813. The summed E-state index contributed by atoms with van der Waals surface area (Å²) in [5.41, 5.74) is 1.13. The molecule has 1 aliphatic heterocycles. The largest absolute Gasteiger partial charge is 0.395 e. The number of likely N-dealkylation sites (tertiary alicyclic amines) is 1. The van der Waals surface area contributed by atoms with Crippen LogP contribution in [-0.4, -0.2) is 57.9 Å². The number of aliphatic hydroxyl groups excluding tert-OH is 1. The fourth-order valence-electron chi connectivity index (χ4n) is 3.04. The average Bonchev–Trinajstić information content (AvgIpc) is 3.25. The van der Waals surface area contributed by atoms with Gasteiger partial charge >= 0.3 is 0 Å². The SMILES string of the molecule is O=C(CN1C[C@@H](c2ccccc2)CC1=O)N(CCO)Cc1nccs1. The van der Waals surface area contributed by atoms with Crippen LogP contribution in [0.15, 0.2) is 41.9 Å². The number of aromatic nitrogens is 1. The zero-order valence-corrected chi connectivity index (χ0v) is 14.7. The van der Waals surface area contributed by atoms with Crippen molar-refractivity contribution in [2.45, 2.75) is 18.9 Å². The van der Waals surface area contributed by atoms with Crippen LogP contribution in [0.25, 0.3) is 0 Å². The number of benzene rings is 1. The fourth-order valence-corrected chi connectivity index (χ4v) is 3.67. The van der Waals surface area contributed by atoms with Gasteiger partial charge in [-0.25, -0.2) is 4.98 Å². The molecule has 2 aromatic rings. The van der Waals surface area contributed by atoms with E-state index in [2.05, 4.69) is 4.98 Å². The Morgan fingerprint density at radius 3 is 2.84 bits per heavy atom. The van der Waals surface area contributed by atoms with Crippen molar-refractivity contribution in [3.05, 3.63) is 52.5 Å². The van der Waals surface area contributed by atoms with E-state index in [4.69, 9.17) is 0 Å². The number of carbonyl (C=O) groups excluding carboxylic acids is 2. The molecule has 0 saturated carbocycles. The predicted octanol–water partition coefficient (Wildman–Crippen LogP) is 1.48. The van der Waals surface area contributed by atoms with Crippen LogP contribution in [0.1, 0.15) is 22.9 Å². The van der Waals surface area contributed by atoms with Gasteiger partial charge in [0.1, 0.15) is 5.01 Å². The number of amides is 2. The van der Waals surface area contributed by atoms with Crippen LogP contribution in [-0.2, 0) is 16.1 Å². The number of thiazole rings is 1. The molecule has 0 unspecified atom stereocenters. The Balaban J connectivity index is 1.61. The van der Waals surface area contributed by atoms with Gasteiger partial charge < -0.3 is 14.9 Å². The van der Waals surface area contributed by atoms with E-state index >= 15 is 0 Å². The molecule has 1 aromatic heterocycles. The number of carbonyl (C=O) groups is 2. The number of aliphatic hydroxyl groups is 1. The summed E-state index contributed by atoms with van der Waals surface area (Å²) in [4.78, 5) is 32.2. The molecular formula is C18H21N3O3S. The second kappa shape index (κ2) is 8.22. The first-order valence-electron chi connectivity index (χ1n) is 8.27. The van der Waals surface area contributed by atoms with E-state index in [1.54, 1.807) is 16.0 Å². The summed E-state index contributed by atoms with van der Waals surface area (Å²) in [5, 5.41) is 11.9. The van der Waals surface area contributed by atoms with Crippen molar-refractivity contribution in [1.82, 2.24) is 14.8 Å². The molecule has 2 amide bonds. The van der Waals surface area contributed by atoms with E-state index < -0.39 is 0 Å². The number of hydrogen-bond donors (Lipinski definition) is 1. The van der Waals surface area contributed by atoms with Gasteiger partial charge in [-0.1, -0.05) is 30.3 Å². The minimum Gasteiger partial charge on any atom is -0.395 e. The minimum atomic E-state index is -0.161. The molecule has 7 heteroatoms. The van der Waals surface area contributed by atoms with Crippen molar-refractivity contribution < 1.29 is 14.7 Å². The normalized spacial score (nSPS) is 17.1. The fraction of sp³-hybridized carbons (Fsp3) is 0.389. The molecule has 0 bridgehead atoms. The van der Waals surface area contributed by atoms with Crippen LogP contribution in [0.4, 0.5) is 0 Å². The molecule has 1 fully saturated rings. The smallest absolute Gasteiger partial charge is 0.242 e. The van der Waals surface area contributed by atoms with E-state index in [1.807, 2.05) is 35.7 Å². The van der Waals surface area contributed by atoms with Crippen molar-refractivity contribution in [3.8, 4) is 0 Å². The summed E-state index contributed by atoms with van der Waals surface area (Å²) in [7, 11) is 0. The Morgan fingerprint density at radius 1 is 1.36 bits per heavy atom. The number of nitrogens with zero attached hydrogens (tertiary/aromatic N) is 3. The van der Waals surface area contributed by atoms with Crippen molar-refractivity contribution in [3.63, 3.8) is 0 Å². The first-order valence-corrected chi connectivity index (χ1v) is 9.15. The molecule has 6 nitrogen and oxygen atoms in total. The summed E-state index contributed by atoms with van der Waals surface area (Å²) in [5.74, 6) is -0.0292. The van der Waals surface area contributed by atoms with Crippen molar-refractivity contribution in [2.75, 3.05) is 26.2 Å². The Labute approximate surface area is 150 Å². The standard InChI is InChI=1S/C18H21N3O3S/c22-8-7-20(12-16-19-6-9-25-16)18(24)13-21-11-15(10-17(21)23)14-4-2-1-3-5-14/h1-6,9,15,22H,7-8,10-13H2/t15-/m0/s1. The molecule has 3 rings (SSSR count). The van der Waals surface area contributed by atoms with Gasteiger partial charge in [-0.15, -0.1) is 11.3 Å². The van der Waals surface area contributed by atoms with Crippen molar-refractivity contribution >= 4 is 23.2 Å². The molecule has 1 N–H and O–H groups in total.